The lowest BCUT2D eigenvalue weighted by molar-refractivity contribution is 0.0817. The summed E-state index contributed by atoms with van der Waals surface area (Å²) < 4.78 is 5.51. The predicted molar refractivity (Wildman–Crippen MR) is 191 cm³/mol. The zero-order valence-corrected chi connectivity index (χ0v) is 29.3. The summed E-state index contributed by atoms with van der Waals surface area (Å²) >= 11 is 6.49. The van der Waals surface area contributed by atoms with E-state index in [-0.39, 0.29) is 30.7 Å². The van der Waals surface area contributed by atoms with Gasteiger partial charge in [0.15, 0.2) is 0 Å². The number of amides is 4. The van der Waals surface area contributed by atoms with E-state index in [0.717, 1.165) is 54.1 Å². The summed E-state index contributed by atoms with van der Waals surface area (Å²) in [6, 6.07) is 17.0. The lowest BCUT2D eigenvalue weighted by Gasteiger charge is -2.33. The molecule has 49 heavy (non-hydrogen) atoms. The Morgan fingerprint density at radius 1 is 1.00 bits per heavy atom. The average Bonchev–Trinajstić information content (AvgIpc) is 3.67. The van der Waals surface area contributed by atoms with Crippen LogP contribution in [0.25, 0.3) is 0 Å². The summed E-state index contributed by atoms with van der Waals surface area (Å²) in [6.07, 6.45) is 5.52. The molecule has 2 fully saturated rings. The molecule has 258 valence electrons. The molecule has 0 radical (unpaired) electrons. The largest absolute Gasteiger partial charge is 0.445 e. The van der Waals surface area contributed by atoms with E-state index in [1.165, 1.54) is 5.57 Å². The minimum absolute atomic E-state index is 0.0172. The Bertz CT molecular complexity index is 1690. The standard InChI is InChI=1S/C38H45ClN6O4/c1-26-10-11-33(20-34(26)39)45(37(47)41-32-13-18-43(19-14-32)38(48)49-25-29-8-5-4-6-9-29)17-7-16-42-21-30-23-44(24-31(30)22-42)36(46)35-27(2)12-15-40-28(35)3/h4-6,8-12,15,20,23,31-32H,7,13-14,16-19,21-22,24-25H2,1-3H3,(H,41,47). The van der Waals surface area contributed by atoms with E-state index < -0.39 is 0 Å². The normalized spacial score (nSPS) is 17.9. The van der Waals surface area contributed by atoms with Gasteiger partial charge in [-0.15, -0.1) is 0 Å². The van der Waals surface area contributed by atoms with Crippen LogP contribution < -0.4 is 10.2 Å². The summed E-state index contributed by atoms with van der Waals surface area (Å²) in [6.45, 7) is 10.8. The maximum Gasteiger partial charge on any atom is 0.410 e. The number of carbonyl (C=O) groups excluding carboxylic acids is 3. The van der Waals surface area contributed by atoms with E-state index >= 15 is 0 Å². The molecule has 2 aromatic carbocycles. The molecule has 4 amide bonds. The number of likely N-dealkylation sites (tertiary alicyclic amines) is 2. The first-order valence-electron chi connectivity index (χ1n) is 17.1. The van der Waals surface area contributed by atoms with E-state index in [4.69, 9.17) is 16.3 Å². The molecule has 3 aliphatic rings. The fraction of sp³-hybridized carbons (Fsp3) is 0.421. The molecule has 6 rings (SSSR count). The van der Waals surface area contributed by atoms with Crippen LogP contribution in [0.2, 0.25) is 5.02 Å². The first-order chi connectivity index (χ1) is 23.7. The minimum Gasteiger partial charge on any atom is -0.445 e. The molecule has 0 spiro atoms. The number of rotatable bonds is 9. The van der Waals surface area contributed by atoms with Gasteiger partial charge in [-0.25, -0.2) is 9.59 Å². The Labute approximate surface area is 293 Å². The number of nitrogens with one attached hydrogen (secondary N) is 1. The molecule has 1 N–H and O–H groups in total. The summed E-state index contributed by atoms with van der Waals surface area (Å²) in [5.74, 6) is 0.335. The number of hydrogen-bond acceptors (Lipinski definition) is 6. The second kappa shape index (κ2) is 15.4. The highest BCUT2D eigenvalue weighted by molar-refractivity contribution is 6.31. The van der Waals surface area contributed by atoms with Crippen molar-refractivity contribution in [2.24, 2.45) is 5.92 Å². The van der Waals surface area contributed by atoms with Crippen molar-refractivity contribution in [3.8, 4) is 0 Å². The average molecular weight is 685 g/mol. The van der Waals surface area contributed by atoms with Crippen molar-refractivity contribution in [3.05, 3.63) is 106 Å². The summed E-state index contributed by atoms with van der Waals surface area (Å²) in [4.78, 5) is 51.8. The van der Waals surface area contributed by atoms with Crippen molar-refractivity contribution in [1.29, 1.82) is 0 Å². The monoisotopic (exact) mass is 684 g/mol. The van der Waals surface area contributed by atoms with Crippen LogP contribution >= 0.6 is 11.6 Å². The number of urea groups is 1. The fourth-order valence-electron chi connectivity index (χ4n) is 6.98. The zero-order chi connectivity index (χ0) is 34.5. The molecule has 0 aliphatic carbocycles. The van der Waals surface area contributed by atoms with E-state index in [9.17, 15) is 14.4 Å². The molecule has 0 bridgehead atoms. The van der Waals surface area contributed by atoms with Crippen LogP contribution in [0.5, 0.6) is 0 Å². The van der Waals surface area contributed by atoms with Crippen LogP contribution in [0.4, 0.5) is 15.3 Å². The van der Waals surface area contributed by atoms with Crippen molar-refractivity contribution in [1.82, 2.24) is 25.0 Å². The van der Waals surface area contributed by atoms with E-state index in [1.54, 1.807) is 16.0 Å². The Balaban J connectivity index is 1.01. The number of anilines is 1. The van der Waals surface area contributed by atoms with Gasteiger partial charge in [0.1, 0.15) is 6.61 Å². The highest BCUT2D eigenvalue weighted by Gasteiger charge is 2.36. The number of ether oxygens (including phenoxy) is 1. The lowest BCUT2D eigenvalue weighted by atomic mass is 10.1. The minimum atomic E-state index is -0.329. The maximum absolute atomic E-state index is 13.7. The quantitative estimate of drug-likeness (QED) is 0.283. The van der Waals surface area contributed by atoms with Crippen molar-refractivity contribution in [2.75, 3.05) is 50.7 Å². The molecule has 3 aromatic rings. The van der Waals surface area contributed by atoms with Gasteiger partial charge in [0.05, 0.1) is 11.3 Å². The molecular weight excluding hydrogens is 640 g/mol. The number of aromatic nitrogens is 1. The molecule has 1 unspecified atom stereocenters. The molecule has 1 aromatic heterocycles. The first-order valence-corrected chi connectivity index (χ1v) is 17.5. The Kier molecular flexibility index (Phi) is 10.8. The molecule has 0 saturated carbocycles. The molecule has 2 saturated heterocycles. The highest BCUT2D eigenvalue weighted by atomic mass is 35.5. The Morgan fingerprint density at radius 2 is 1.78 bits per heavy atom. The first kappa shape index (κ1) is 34.5. The molecule has 3 aliphatic heterocycles. The smallest absolute Gasteiger partial charge is 0.410 e. The number of halogens is 1. The molecular formula is C38H45ClN6O4. The Hall–Kier alpha value is -4.41. The third-order valence-corrected chi connectivity index (χ3v) is 10.2. The Morgan fingerprint density at radius 3 is 2.49 bits per heavy atom. The number of nitrogens with zero attached hydrogens (tertiary/aromatic N) is 5. The van der Waals surface area contributed by atoms with Gasteiger partial charge in [-0.3, -0.25) is 19.6 Å². The molecule has 11 heteroatoms. The van der Waals surface area contributed by atoms with E-state index in [0.29, 0.717) is 55.5 Å². The van der Waals surface area contributed by atoms with Crippen LogP contribution in [-0.4, -0.2) is 89.6 Å². The van der Waals surface area contributed by atoms with Gasteiger partial charge in [0.2, 0.25) is 0 Å². The van der Waals surface area contributed by atoms with Crippen LogP contribution in [0.1, 0.15) is 52.0 Å². The summed E-state index contributed by atoms with van der Waals surface area (Å²) in [7, 11) is 0. The molecule has 1 atom stereocenters. The number of aryl methyl sites for hydroxylation is 3. The van der Waals surface area contributed by atoms with Crippen molar-refractivity contribution in [3.63, 3.8) is 0 Å². The second-order valence-corrected chi connectivity index (χ2v) is 13.8. The number of carbonyl (C=O) groups is 3. The fourth-order valence-corrected chi connectivity index (χ4v) is 7.16. The van der Waals surface area contributed by atoms with Gasteiger partial charge in [-0.2, -0.15) is 0 Å². The van der Waals surface area contributed by atoms with Gasteiger partial charge >= 0.3 is 12.1 Å². The SMILES string of the molecule is Cc1ccc(N(CCCN2CC3=CN(C(=O)c4c(C)ccnc4C)CC3C2)C(=O)NC2CCN(C(=O)OCc3ccccc3)CC2)cc1Cl. The van der Waals surface area contributed by atoms with Crippen molar-refractivity contribution < 1.29 is 19.1 Å². The van der Waals surface area contributed by atoms with Crippen molar-refractivity contribution >= 4 is 35.3 Å². The molecule has 4 heterocycles. The summed E-state index contributed by atoms with van der Waals surface area (Å²) in [5.41, 5.74) is 6.34. The third kappa shape index (κ3) is 8.25. The van der Waals surface area contributed by atoms with Gasteiger partial charge in [-0.05, 0) is 80.5 Å². The van der Waals surface area contributed by atoms with Crippen LogP contribution in [0.3, 0.4) is 0 Å². The van der Waals surface area contributed by atoms with E-state index in [1.807, 2.05) is 86.5 Å². The second-order valence-electron chi connectivity index (χ2n) is 13.4. The van der Waals surface area contributed by atoms with Gasteiger partial charge in [-0.1, -0.05) is 48.0 Å². The predicted octanol–water partition coefficient (Wildman–Crippen LogP) is 6.34. The highest BCUT2D eigenvalue weighted by Crippen LogP contribution is 2.31. The van der Waals surface area contributed by atoms with Gasteiger partial charge in [0.25, 0.3) is 5.91 Å². The lowest BCUT2D eigenvalue weighted by Crippen LogP contribution is -2.50. The number of benzene rings is 2. The topological polar surface area (TPSA) is 98.3 Å². The van der Waals surface area contributed by atoms with Crippen LogP contribution in [0.15, 0.2) is 72.6 Å². The number of hydrogen-bond donors (Lipinski definition) is 1. The number of fused-ring (bicyclic) bond motifs is 1. The van der Waals surface area contributed by atoms with Crippen LogP contribution in [0, 0.1) is 26.7 Å². The summed E-state index contributed by atoms with van der Waals surface area (Å²) in [5, 5.41) is 3.84. The molecule has 10 nitrogen and oxygen atoms in total. The number of pyridine rings is 1. The number of piperidine rings is 1. The zero-order valence-electron chi connectivity index (χ0n) is 28.5. The maximum atomic E-state index is 13.7. The van der Waals surface area contributed by atoms with Crippen molar-refractivity contribution in [2.45, 2.75) is 52.7 Å². The van der Waals surface area contributed by atoms with E-state index in [2.05, 4.69) is 15.2 Å². The third-order valence-electron chi connectivity index (χ3n) is 9.83. The van der Waals surface area contributed by atoms with Gasteiger partial charge in [0, 0.05) is 80.9 Å². The van der Waals surface area contributed by atoms with Crippen LogP contribution in [-0.2, 0) is 11.3 Å². The van der Waals surface area contributed by atoms with Gasteiger partial charge < -0.3 is 19.9 Å².